The number of para-hydroxylation sites is 4. The van der Waals surface area contributed by atoms with Crippen molar-refractivity contribution in [3.05, 3.63) is 84.2 Å². The van der Waals surface area contributed by atoms with Crippen LogP contribution in [0.1, 0.15) is 37.6 Å². The Morgan fingerprint density at radius 1 is 0.943 bits per heavy atom. The van der Waals surface area contributed by atoms with E-state index in [2.05, 4.69) is 29.7 Å². The number of imidazole rings is 1. The molecule has 2 heterocycles. The first kappa shape index (κ1) is 23.0. The fraction of sp³-hybridized carbons (Fsp3) is 0.310. The molecule has 35 heavy (non-hydrogen) atoms. The molecule has 6 nitrogen and oxygen atoms in total. The summed E-state index contributed by atoms with van der Waals surface area (Å²) < 4.78 is 14.1. The highest BCUT2D eigenvalue weighted by atomic mass is 16.5. The number of anilines is 1. The number of carbonyl (C=O) groups excluding carboxylic acids is 1. The van der Waals surface area contributed by atoms with Gasteiger partial charge in [-0.2, -0.15) is 0 Å². The largest absolute Gasteiger partial charge is 0.492 e. The summed E-state index contributed by atoms with van der Waals surface area (Å²) >= 11 is 0. The molecule has 1 aromatic heterocycles. The van der Waals surface area contributed by atoms with Gasteiger partial charge in [-0.05, 0) is 55.3 Å². The van der Waals surface area contributed by atoms with Crippen LogP contribution in [0, 0.1) is 0 Å². The Kier molecular flexibility index (Phi) is 6.70. The SMILES string of the molecule is CCOc1ccccc1N1CC(c2nc3ccccc3n2CCOc2ccc(CC)cc2)CC1=O. The van der Waals surface area contributed by atoms with Crippen LogP contribution < -0.4 is 14.4 Å². The first-order valence-corrected chi connectivity index (χ1v) is 12.4. The second kappa shape index (κ2) is 10.2. The van der Waals surface area contributed by atoms with E-state index in [9.17, 15) is 4.79 Å². The minimum absolute atomic E-state index is 0.00609. The van der Waals surface area contributed by atoms with Gasteiger partial charge in [0, 0.05) is 18.9 Å². The molecule has 0 radical (unpaired) electrons. The number of ether oxygens (including phenoxy) is 2. The van der Waals surface area contributed by atoms with Gasteiger partial charge in [-0.15, -0.1) is 0 Å². The zero-order valence-corrected chi connectivity index (χ0v) is 20.3. The number of carbonyl (C=O) groups is 1. The van der Waals surface area contributed by atoms with E-state index in [-0.39, 0.29) is 11.8 Å². The van der Waals surface area contributed by atoms with Gasteiger partial charge in [0.05, 0.1) is 29.9 Å². The van der Waals surface area contributed by atoms with Crippen LogP contribution in [-0.2, 0) is 17.8 Å². The van der Waals surface area contributed by atoms with Crippen LogP contribution >= 0.6 is 0 Å². The Morgan fingerprint density at radius 2 is 1.71 bits per heavy atom. The minimum atomic E-state index is -0.00609. The van der Waals surface area contributed by atoms with Crippen LogP contribution in [0.4, 0.5) is 5.69 Å². The molecule has 4 aromatic rings. The third kappa shape index (κ3) is 4.74. The topological polar surface area (TPSA) is 56.6 Å². The van der Waals surface area contributed by atoms with Crippen LogP contribution in [0.5, 0.6) is 11.5 Å². The molecule has 180 valence electrons. The van der Waals surface area contributed by atoms with Crippen molar-refractivity contribution in [3.8, 4) is 11.5 Å². The Bertz CT molecular complexity index is 1310. The average molecular weight is 470 g/mol. The van der Waals surface area contributed by atoms with Gasteiger partial charge in [0.15, 0.2) is 0 Å². The molecule has 0 N–H and O–H groups in total. The number of rotatable bonds is 9. The van der Waals surface area contributed by atoms with Crippen molar-refractivity contribution in [1.29, 1.82) is 0 Å². The highest BCUT2D eigenvalue weighted by Gasteiger charge is 2.36. The Morgan fingerprint density at radius 3 is 2.51 bits per heavy atom. The lowest BCUT2D eigenvalue weighted by Crippen LogP contribution is -2.25. The predicted octanol–water partition coefficient (Wildman–Crippen LogP) is 5.60. The molecule has 1 fully saturated rings. The molecule has 0 spiro atoms. The number of nitrogens with zero attached hydrogens (tertiary/aromatic N) is 3. The van der Waals surface area contributed by atoms with Crippen LogP contribution in [0.25, 0.3) is 11.0 Å². The third-order valence-corrected chi connectivity index (χ3v) is 6.55. The van der Waals surface area contributed by atoms with E-state index in [4.69, 9.17) is 14.5 Å². The van der Waals surface area contributed by atoms with E-state index >= 15 is 0 Å². The lowest BCUT2D eigenvalue weighted by Gasteiger charge is -2.20. The molecule has 1 atom stereocenters. The average Bonchev–Trinajstić information content (AvgIpc) is 3.45. The fourth-order valence-corrected chi connectivity index (χ4v) is 4.79. The third-order valence-electron chi connectivity index (χ3n) is 6.55. The molecule has 1 amide bonds. The summed E-state index contributed by atoms with van der Waals surface area (Å²) in [4.78, 5) is 19.9. The van der Waals surface area contributed by atoms with E-state index in [0.717, 1.165) is 40.5 Å². The van der Waals surface area contributed by atoms with Gasteiger partial charge in [0.2, 0.25) is 5.91 Å². The van der Waals surface area contributed by atoms with Crippen molar-refractivity contribution in [3.63, 3.8) is 0 Å². The van der Waals surface area contributed by atoms with Crippen molar-refractivity contribution >= 4 is 22.6 Å². The lowest BCUT2D eigenvalue weighted by molar-refractivity contribution is -0.117. The molecule has 3 aromatic carbocycles. The second-order valence-electron chi connectivity index (χ2n) is 8.76. The monoisotopic (exact) mass is 469 g/mol. The molecule has 0 bridgehead atoms. The number of amides is 1. The smallest absolute Gasteiger partial charge is 0.227 e. The molecule has 1 aliphatic rings. The van der Waals surface area contributed by atoms with Crippen molar-refractivity contribution < 1.29 is 14.3 Å². The summed E-state index contributed by atoms with van der Waals surface area (Å²) in [6.45, 7) is 6.41. The highest BCUT2D eigenvalue weighted by molar-refractivity contribution is 5.97. The number of benzene rings is 3. The van der Waals surface area contributed by atoms with Gasteiger partial charge in [-0.3, -0.25) is 4.79 Å². The second-order valence-corrected chi connectivity index (χ2v) is 8.76. The molecule has 1 unspecified atom stereocenters. The minimum Gasteiger partial charge on any atom is -0.492 e. The summed E-state index contributed by atoms with van der Waals surface area (Å²) in [7, 11) is 0. The van der Waals surface area contributed by atoms with E-state index in [1.54, 1.807) is 0 Å². The first-order chi connectivity index (χ1) is 17.2. The van der Waals surface area contributed by atoms with Gasteiger partial charge in [-0.25, -0.2) is 4.98 Å². The zero-order chi connectivity index (χ0) is 24.2. The zero-order valence-electron chi connectivity index (χ0n) is 20.3. The molecule has 1 saturated heterocycles. The summed E-state index contributed by atoms with van der Waals surface area (Å²) in [6, 6.07) is 24.1. The van der Waals surface area contributed by atoms with Crippen molar-refractivity contribution in [2.45, 2.75) is 39.2 Å². The molecule has 5 rings (SSSR count). The highest BCUT2D eigenvalue weighted by Crippen LogP contribution is 2.37. The van der Waals surface area contributed by atoms with Gasteiger partial charge in [0.1, 0.15) is 23.9 Å². The number of fused-ring (bicyclic) bond motifs is 1. The Hall–Kier alpha value is -3.80. The quantitative estimate of drug-likeness (QED) is 0.320. The van der Waals surface area contributed by atoms with Gasteiger partial charge < -0.3 is 18.9 Å². The number of aromatic nitrogens is 2. The molecular weight excluding hydrogens is 438 g/mol. The molecule has 1 aliphatic heterocycles. The summed E-state index contributed by atoms with van der Waals surface area (Å²) in [5, 5.41) is 0. The molecule has 6 heteroatoms. The molecule has 0 saturated carbocycles. The van der Waals surface area contributed by atoms with Crippen LogP contribution in [0.3, 0.4) is 0 Å². The lowest BCUT2D eigenvalue weighted by atomic mass is 10.1. The summed E-state index contributed by atoms with van der Waals surface area (Å²) in [6.07, 6.45) is 1.43. The van der Waals surface area contributed by atoms with Gasteiger partial charge in [0.25, 0.3) is 0 Å². The molecular formula is C29H31N3O3. The predicted molar refractivity (Wildman–Crippen MR) is 138 cm³/mol. The van der Waals surface area contributed by atoms with Crippen molar-refractivity contribution in [2.75, 3.05) is 24.7 Å². The van der Waals surface area contributed by atoms with Crippen LogP contribution in [0.2, 0.25) is 0 Å². The van der Waals surface area contributed by atoms with Crippen molar-refractivity contribution in [1.82, 2.24) is 9.55 Å². The Balaban J connectivity index is 1.38. The maximum Gasteiger partial charge on any atom is 0.227 e. The van der Waals surface area contributed by atoms with Crippen molar-refractivity contribution in [2.24, 2.45) is 0 Å². The van der Waals surface area contributed by atoms with Crippen LogP contribution in [-0.4, -0.2) is 35.2 Å². The Labute approximate surface area is 206 Å². The summed E-state index contributed by atoms with van der Waals surface area (Å²) in [5.41, 5.74) is 4.12. The van der Waals surface area contributed by atoms with E-state index in [1.165, 1.54) is 5.56 Å². The number of hydrogen-bond acceptors (Lipinski definition) is 4. The first-order valence-electron chi connectivity index (χ1n) is 12.4. The van der Waals surface area contributed by atoms with Crippen LogP contribution in [0.15, 0.2) is 72.8 Å². The number of hydrogen-bond donors (Lipinski definition) is 0. The number of aryl methyl sites for hydroxylation is 1. The van der Waals surface area contributed by atoms with E-state index in [0.29, 0.717) is 32.7 Å². The maximum absolute atomic E-state index is 13.1. The van der Waals surface area contributed by atoms with Gasteiger partial charge >= 0.3 is 0 Å². The standard InChI is InChI=1S/C29H31N3O3/c1-3-21-13-15-23(16-14-21)35-18-17-31-25-10-6-5-9-24(25)30-29(31)22-19-28(33)32(20-22)26-11-7-8-12-27(26)34-4-2/h5-16,22H,3-4,17-20H2,1-2H3. The van der Waals surface area contributed by atoms with E-state index < -0.39 is 0 Å². The fourth-order valence-electron chi connectivity index (χ4n) is 4.79. The maximum atomic E-state index is 13.1. The van der Waals surface area contributed by atoms with E-state index in [1.807, 2.05) is 66.4 Å². The summed E-state index contributed by atoms with van der Waals surface area (Å²) in [5.74, 6) is 2.62. The molecule has 0 aliphatic carbocycles. The van der Waals surface area contributed by atoms with Gasteiger partial charge in [-0.1, -0.05) is 43.3 Å². The normalized spacial score (nSPS) is 15.7.